The first-order valence-electron chi connectivity index (χ1n) is 7.73. The molecular formula is C15H25N3O. The van der Waals surface area contributed by atoms with E-state index in [4.69, 9.17) is 5.26 Å². The van der Waals surface area contributed by atoms with Gasteiger partial charge in [0.25, 0.3) is 0 Å². The van der Waals surface area contributed by atoms with Crippen LogP contribution in [0.2, 0.25) is 0 Å². The van der Waals surface area contributed by atoms with Crippen molar-refractivity contribution in [3.05, 3.63) is 0 Å². The summed E-state index contributed by atoms with van der Waals surface area (Å²) in [4.78, 5) is 13.9. The molecule has 0 aromatic rings. The van der Waals surface area contributed by atoms with Gasteiger partial charge >= 0.3 is 0 Å². The molecule has 1 amide bonds. The van der Waals surface area contributed by atoms with Gasteiger partial charge in [0.1, 0.15) is 6.04 Å². The number of nitrogens with one attached hydrogen (secondary N) is 1. The Bertz CT molecular complexity index is 329. The minimum absolute atomic E-state index is 0.103. The normalized spacial score (nSPS) is 25.6. The van der Waals surface area contributed by atoms with Crippen molar-refractivity contribution in [3.63, 3.8) is 0 Å². The first-order valence-corrected chi connectivity index (χ1v) is 7.73. The van der Waals surface area contributed by atoms with Crippen molar-refractivity contribution in [2.75, 3.05) is 13.1 Å². The SMILES string of the molecule is N#CC1CCCN1C(=O)CNC1CCCCCCC1. The maximum Gasteiger partial charge on any atom is 0.237 e. The van der Waals surface area contributed by atoms with Crippen LogP contribution in [0.1, 0.15) is 57.8 Å². The smallest absolute Gasteiger partial charge is 0.237 e. The van der Waals surface area contributed by atoms with E-state index in [1.54, 1.807) is 4.90 Å². The number of amides is 1. The molecule has 1 aliphatic carbocycles. The van der Waals surface area contributed by atoms with Crippen LogP contribution in [0, 0.1) is 11.3 Å². The highest BCUT2D eigenvalue weighted by Crippen LogP contribution is 2.18. The van der Waals surface area contributed by atoms with Gasteiger partial charge < -0.3 is 10.2 Å². The second-order valence-corrected chi connectivity index (χ2v) is 5.80. The van der Waals surface area contributed by atoms with Crippen LogP contribution in [0.15, 0.2) is 0 Å². The summed E-state index contributed by atoms with van der Waals surface area (Å²) in [6, 6.07) is 2.53. The van der Waals surface area contributed by atoms with E-state index in [1.165, 1.54) is 44.9 Å². The second-order valence-electron chi connectivity index (χ2n) is 5.80. The first-order chi connectivity index (χ1) is 9.31. The fourth-order valence-corrected chi connectivity index (χ4v) is 3.19. The summed E-state index contributed by atoms with van der Waals surface area (Å²) >= 11 is 0. The molecular weight excluding hydrogens is 238 g/mol. The molecule has 2 rings (SSSR count). The zero-order chi connectivity index (χ0) is 13.5. The highest BCUT2D eigenvalue weighted by atomic mass is 16.2. The molecule has 0 aromatic carbocycles. The Labute approximate surface area is 116 Å². The van der Waals surface area contributed by atoms with Crippen molar-refractivity contribution < 1.29 is 4.79 Å². The number of carbonyl (C=O) groups excluding carboxylic acids is 1. The number of nitriles is 1. The van der Waals surface area contributed by atoms with E-state index in [9.17, 15) is 4.79 Å². The lowest BCUT2D eigenvalue weighted by molar-refractivity contribution is -0.130. The lowest BCUT2D eigenvalue weighted by Gasteiger charge is -2.24. The van der Waals surface area contributed by atoms with Crippen LogP contribution in [0.4, 0.5) is 0 Å². The number of likely N-dealkylation sites (tertiary alicyclic amines) is 1. The van der Waals surface area contributed by atoms with Crippen molar-refractivity contribution in [1.82, 2.24) is 10.2 Å². The minimum atomic E-state index is -0.188. The van der Waals surface area contributed by atoms with Gasteiger partial charge in [0, 0.05) is 12.6 Å². The molecule has 1 saturated heterocycles. The molecule has 0 bridgehead atoms. The first kappa shape index (κ1) is 14.3. The molecule has 0 spiro atoms. The molecule has 1 atom stereocenters. The molecule has 4 heteroatoms. The average molecular weight is 263 g/mol. The predicted octanol–water partition coefficient (Wildman–Crippen LogP) is 2.20. The van der Waals surface area contributed by atoms with Crippen molar-refractivity contribution in [1.29, 1.82) is 5.26 Å². The summed E-state index contributed by atoms with van der Waals surface area (Å²) in [5.74, 6) is 0.103. The lowest BCUT2D eigenvalue weighted by Crippen LogP contribution is -2.43. The zero-order valence-corrected chi connectivity index (χ0v) is 11.7. The third-order valence-electron chi connectivity index (χ3n) is 4.37. The summed E-state index contributed by atoms with van der Waals surface area (Å²) < 4.78 is 0. The summed E-state index contributed by atoms with van der Waals surface area (Å²) in [6.07, 6.45) is 10.8. The Morgan fingerprint density at radius 3 is 2.47 bits per heavy atom. The monoisotopic (exact) mass is 263 g/mol. The van der Waals surface area contributed by atoms with Crippen LogP contribution in [-0.4, -0.2) is 36.0 Å². The molecule has 4 nitrogen and oxygen atoms in total. The van der Waals surface area contributed by atoms with Gasteiger partial charge in [-0.25, -0.2) is 0 Å². The quantitative estimate of drug-likeness (QED) is 0.849. The van der Waals surface area contributed by atoms with E-state index < -0.39 is 0 Å². The topological polar surface area (TPSA) is 56.1 Å². The van der Waals surface area contributed by atoms with Gasteiger partial charge in [-0.05, 0) is 25.7 Å². The number of rotatable bonds is 3. The van der Waals surface area contributed by atoms with E-state index in [-0.39, 0.29) is 11.9 Å². The van der Waals surface area contributed by atoms with Gasteiger partial charge in [-0.15, -0.1) is 0 Å². The lowest BCUT2D eigenvalue weighted by atomic mass is 9.97. The van der Waals surface area contributed by atoms with Gasteiger partial charge in [-0.2, -0.15) is 5.26 Å². The Morgan fingerprint density at radius 2 is 1.79 bits per heavy atom. The van der Waals surface area contributed by atoms with Crippen LogP contribution < -0.4 is 5.32 Å². The summed E-state index contributed by atoms with van der Waals surface area (Å²) in [5.41, 5.74) is 0. The van der Waals surface area contributed by atoms with Crippen molar-refractivity contribution in [2.24, 2.45) is 0 Å². The van der Waals surface area contributed by atoms with E-state index in [2.05, 4.69) is 11.4 Å². The van der Waals surface area contributed by atoms with E-state index in [0.717, 1.165) is 19.4 Å². The highest BCUT2D eigenvalue weighted by Gasteiger charge is 2.28. The molecule has 0 aromatic heterocycles. The molecule has 1 heterocycles. The standard InChI is InChI=1S/C15H25N3O/c16-11-14-9-6-10-18(14)15(19)12-17-13-7-4-2-1-3-5-8-13/h13-14,17H,1-10,12H2. The molecule has 1 N–H and O–H groups in total. The Balaban J connectivity index is 1.74. The predicted molar refractivity (Wildman–Crippen MR) is 74.5 cm³/mol. The van der Waals surface area contributed by atoms with E-state index >= 15 is 0 Å². The average Bonchev–Trinajstić information content (AvgIpc) is 2.85. The van der Waals surface area contributed by atoms with Crippen LogP contribution in [0.5, 0.6) is 0 Å². The largest absolute Gasteiger partial charge is 0.326 e. The second kappa shape index (κ2) is 7.49. The molecule has 106 valence electrons. The number of carbonyl (C=O) groups is 1. The molecule has 0 radical (unpaired) electrons. The minimum Gasteiger partial charge on any atom is -0.326 e. The van der Waals surface area contributed by atoms with Gasteiger partial charge in [0.05, 0.1) is 12.6 Å². The van der Waals surface area contributed by atoms with Crippen molar-refractivity contribution in [2.45, 2.75) is 69.9 Å². The van der Waals surface area contributed by atoms with Crippen LogP contribution in [0.3, 0.4) is 0 Å². The van der Waals surface area contributed by atoms with Gasteiger partial charge in [-0.1, -0.05) is 32.1 Å². The molecule has 2 fully saturated rings. The summed E-state index contributed by atoms with van der Waals surface area (Å²) in [7, 11) is 0. The third kappa shape index (κ3) is 4.21. The summed E-state index contributed by atoms with van der Waals surface area (Å²) in [5, 5.41) is 12.4. The molecule has 19 heavy (non-hydrogen) atoms. The Kier molecular flexibility index (Phi) is 5.65. The molecule has 2 aliphatic rings. The van der Waals surface area contributed by atoms with Crippen LogP contribution in [0.25, 0.3) is 0 Å². The molecule has 1 unspecified atom stereocenters. The van der Waals surface area contributed by atoms with E-state index in [0.29, 0.717) is 12.6 Å². The van der Waals surface area contributed by atoms with Crippen LogP contribution in [-0.2, 0) is 4.79 Å². The maximum absolute atomic E-state index is 12.1. The van der Waals surface area contributed by atoms with E-state index in [1.807, 2.05) is 0 Å². The van der Waals surface area contributed by atoms with Crippen LogP contribution >= 0.6 is 0 Å². The summed E-state index contributed by atoms with van der Waals surface area (Å²) in [6.45, 7) is 1.16. The Hall–Kier alpha value is -1.08. The Morgan fingerprint density at radius 1 is 1.11 bits per heavy atom. The fourth-order valence-electron chi connectivity index (χ4n) is 3.19. The molecule has 1 aliphatic heterocycles. The zero-order valence-electron chi connectivity index (χ0n) is 11.7. The van der Waals surface area contributed by atoms with Gasteiger partial charge in [-0.3, -0.25) is 4.79 Å². The van der Waals surface area contributed by atoms with Gasteiger partial charge in [0.15, 0.2) is 0 Å². The van der Waals surface area contributed by atoms with Gasteiger partial charge in [0.2, 0.25) is 5.91 Å². The third-order valence-corrected chi connectivity index (χ3v) is 4.37. The fraction of sp³-hybridized carbons (Fsp3) is 0.867. The number of hydrogen-bond donors (Lipinski definition) is 1. The number of hydrogen-bond acceptors (Lipinski definition) is 3. The van der Waals surface area contributed by atoms with Crippen molar-refractivity contribution >= 4 is 5.91 Å². The highest BCUT2D eigenvalue weighted by molar-refractivity contribution is 5.79. The van der Waals surface area contributed by atoms with Crippen molar-refractivity contribution in [3.8, 4) is 6.07 Å². The maximum atomic E-state index is 12.1. The number of nitrogens with zero attached hydrogens (tertiary/aromatic N) is 2. The molecule has 1 saturated carbocycles.